The maximum absolute atomic E-state index is 11.2. The van der Waals surface area contributed by atoms with Gasteiger partial charge in [-0.1, -0.05) is 0 Å². The third-order valence-electron chi connectivity index (χ3n) is 2.38. The van der Waals surface area contributed by atoms with Crippen LogP contribution in [0.5, 0.6) is 0 Å². The van der Waals surface area contributed by atoms with Gasteiger partial charge in [-0.05, 0) is 35.0 Å². The summed E-state index contributed by atoms with van der Waals surface area (Å²) < 4.78 is 2.10. The lowest BCUT2D eigenvalue weighted by Gasteiger charge is -2.04. The zero-order valence-electron chi connectivity index (χ0n) is 9.33. The summed E-state index contributed by atoms with van der Waals surface area (Å²) in [4.78, 5) is 21.7. The number of aromatic nitrogens is 2. The number of nitro benzene ring substituents is 1. The lowest BCUT2D eigenvalue weighted by molar-refractivity contribution is -0.384. The number of rotatable bonds is 3. The predicted octanol–water partition coefficient (Wildman–Crippen LogP) is 2.75. The molecule has 0 saturated carbocycles. The van der Waals surface area contributed by atoms with Gasteiger partial charge in [-0.2, -0.15) is 5.10 Å². The quantitative estimate of drug-likeness (QED) is 0.496. The van der Waals surface area contributed by atoms with Crippen LogP contribution in [0.2, 0.25) is 0 Å². The van der Waals surface area contributed by atoms with Crippen LogP contribution in [0, 0.1) is 10.1 Å². The second-order valence-corrected chi connectivity index (χ2v) is 4.54. The Morgan fingerprint density at radius 1 is 1.50 bits per heavy atom. The summed E-state index contributed by atoms with van der Waals surface area (Å²) >= 11 is 3.22. The molecule has 0 unspecified atom stereocenters. The van der Waals surface area contributed by atoms with Gasteiger partial charge in [0.05, 0.1) is 15.6 Å². The number of halogens is 1. The number of nitrogens with zero attached hydrogens (tertiary/aromatic N) is 3. The molecule has 0 spiro atoms. The van der Waals surface area contributed by atoms with Gasteiger partial charge in [0.25, 0.3) is 5.69 Å². The van der Waals surface area contributed by atoms with Gasteiger partial charge in [0.2, 0.25) is 0 Å². The molecule has 2 rings (SSSR count). The van der Waals surface area contributed by atoms with Crippen LogP contribution in [0.4, 0.5) is 5.69 Å². The van der Waals surface area contributed by atoms with Crippen LogP contribution in [0.15, 0.2) is 35.1 Å². The molecule has 0 radical (unpaired) electrons. The van der Waals surface area contributed by atoms with Crippen molar-refractivity contribution >= 4 is 27.4 Å². The SMILES string of the molecule is CC(=O)c1ccc(-n2cc(Br)cn2)c([N+](=O)[O-])c1. The summed E-state index contributed by atoms with van der Waals surface area (Å²) in [6.45, 7) is 1.36. The summed E-state index contributed by atoms with van der Waals surface area (Å²) in [6.07, 6.45) is 3.14. The first kappa shape index (κ1) is 12.4. The minimum Gasteiger partial charge on any atom is -0.295 e. The Kier molecular flexibility index (Phi) is 3.24. The molecule has 0 bridgehead atoms. The number of hydrogen-bond acceptors (Lipinski definition) is 4. The van der Waals surface area contributed by atoms with E-state index in [0.717, 1.165) is 0 Å². The van der Waals surface area contributed by atoms with Crippen molar-refractivity contribution in [2.45, 2.75) is 6.92 Å². The molecule has 1 aromatic carbocycles. The van der Waals surface area contributed by atoms with E-state index < -0.39 is 4.92 Å². The first-order valence-corrected chi connectivity index (χ1v) is 5.78. The average Bonchev–Trinajstić information content (AvgIpc) is 2.74. The summed E-state index contributed by atoms with van der Waals surface area (Å²) in [5, 5.41) is 15.0. The Morgan fingerprint density at radius 2 is 2.22 bits per heavy atom. The molecular weight excluding hydrogens is 302 g/mol. The van der Waals surface area contributed by atoms with Gasteiger partial charge in [0, 0.05) is 17.8 Å². The second-order valence-electron chi connectivity index (χ2n) is 3.62. The van der Waals surface area contributed by atoms with Crippen molar-refractivity contribution in [1.29, 1.82) is 0 Å². The molecule has 7 heteroatoms. The van der Waals surface area contributed by atoms with Crippen molar-refractivity contribution < 1.29 is 9.72 Å². The zero-order valence-corrected chi connectivity index (χ0v) is 10.9. The predicted molar refractivity (Wildman–Crippen MR) is 67.9 cm³/mol. The van der Waals surface area contributed by atoms with E-state index in [1.807, 2.05) is 0 Å². The van der Waals surface area contributed by atoms with Crippen molar-refractivity contribution in [2.24, 2.45) is 0 Å². The van der Waals surface area contributed by atoms with E-state index in [1.165, 1.54) is 29.9 Å². The highest BCUT2D eigenvalue weighted by Crippen LogP contribution is 2.25. The number of carbonyl (C=O) groups excluding carboxylic acids is 1. The standard InChI is InChI=1S/C11H8BrN3O3/c1-7(16)8-2-3-10(11(4-8)15(17)18)14-6-9(12)5-13-14/h2-6H,1H3. The Hall–Kier alpha value is -2.02. The Labute approximate surface area is 111 Å². The molecule has 92 valence electrons. The smallest absolute Gasteiger partial charge is 0.295 e. The van der Waals surface area contributed by atoms with Gasteiger partial charge < -0.3 is 0 Å². The Morgan fingerprint density at radius 3 is 2.72 bits per heavy atom. The van der Waals surface area contributed by atoms with Gasteiger partial charge in [-0.15, -0.1) is 0 Å². The van der Waals surface area contributed by atoms with Gasteiger partial charge in [0.15, 0.2) is 5.78 Å². The zero-order chi connectivity index (χ0) is 13.3. The van der Waals surface area contributed by atoms with Crippen LogP contribution in [0.1, 0.15) is 17.3 Å². The molecule has 1 heterocycles. The van der Waals surface area contributed by atoms with Crippen LogP contribution in [0.3, 0.4) is 0 Å². The van der Waals surface area contributed by atoms with E-state index in [9.17, 15) is 14.9 Å². The number of hydrogen-bond donors (Lipinski definition) is 0. The van der Waals surface area contributed by atoms with Crippen molar-refractivity contribution in [1.82, 2.24) is 9.78 Å². The number of benzene rings is 1. The first-order valence-electron chi connectivity index (χ1n) is 4.99. The fraction of sp³-hybridized carbons (Fsp3) is 0.0909. The van der Waals surface area contributed by atoms with Crippen molar-refractivity contribution in [3.8, 4) is 5.69 Å². The molecular formula is C11H8BrN3O3. The molecule has 0 aliphatic heterocycles. The Balaban J connectivity index is 2.60. The molecule has 0 atom stereocenters. The van der Waals surface area contributed by atoms with Crippen molar-refractivity contribution in [2.75, 3.05) is 0 Å². The number of nitro groups is 1. The highest BCUT2D eigenvalue weighted by molar-refractivity contribution is 9.10. The Bertz CT molecular complexity index is 636. The van der Waals surface area contributed by atoms with E-state index in [1.54, 1.807) is 12.3 Å². The minimum atomic E-state index is -0.530. The normalized spacial score (nSPS) is 10.3. The molecule has 1 aromatic heterocycles. The van der Waals surface area contributed by atoms with Crippen molar-refractivity contribution in [3.63, 3.8) is 0 Å². The molecule has 0 aliphatic carbocycles. The third kappa shape index (κ3) is 2.30. The van der Waals surface area contributed by atoms with Gasteiger partial charge >= 0.3 is 0 Å². The number of ketones is 1. The largest absolute Gasteiger partial charge is 0.295 e. The lowest BCUT2D eigenvalue weighted by atomic mass is 10.1. The van der Waals surface area contributed by atoms with E-state index in [4.69, 9.17) is 0 Å². The number of carbonyl (C=O) groups is 1. The highest BCUT2D eigenvalue weighted by atomic mass is 79.9. The van der Waals surface area contributed by atoms with Gasteiger partial charge in [-0.25, -0.2) is 4.68 Å². The van der Waals surface area contributed by atoms with Crippen molar-refractivity contribution in [3.05, 3.63) is 50.7 Å². The molecule has 0 fully saturated rings. The van der Waals surface area contributed by atoms with E-state index in [2.05, 4.69) is 21.0 Å². The van der Waals surface area contributed by atoms with E-state index in [-0.39, 0.29) is 11.5 Å². The lowest BCUT2D eigenvalue weighted by Crippen LogP contribution is -2.03. The summed E-state index contributed by atoms with van der Waals surface area (Å²) in [5.41, 5.74) is 0.464. The van der Waals surface area contributed by atoms with Crippen LogP contribution in [0.25, 0.3) is 5.69 Å². The van der Waals surface area contributed by atoms with Gasteiger partial charge in [-0.3, -0.25) is 14.9 Å². The van der Waals surface area contributed by atoms with Crippen LogP contribution in [-0.2, 0) is 0 Å². The second kappa shape index (κ2) is 4.69. The van der Waals surface area contributed by atoms with E-state index >= 15 is 0 Å². The van der Waals surface area contributed by atoms with Crippen LogP contribution >= 0.6 is 15.9 Å². The van der Waals surface area contributed by atoms with Crippen LogP contribution < -0.4 is 0 Å². The molecule has 0 saturated heterocycles. The fourth-order valence-electron chi connectivity index (χ4n) is 1.51. The molecule has 0 amide bonds. The summed E-state index contributed by atoms with van der Waals surface area (Å²) in [5.74, 6) is -0.216. The van der Waals surface area contributed by atoms with E-state index in [0.29, 0.717) is 15.7 Å². The topological polar surface area (TPSA) is 78.0 Å². The monoisotopic (exact) mass is 309 g/mol. The van der Waals surface area contributed by atoms with Crippen LogP contribution in [-0.4, -0.2) is 20.5 Å². The fourth-order valence-corrected chi connectivity index (χ4v) is 1.80. The summed E-state index contributed by atoms with van der Waals surface area (Å²) in [7, 11) is 0. The molecule has 0 N–H and O–H groups in total. The maximum atomic E-state index is 11.2. The molecule has 18 heavy (non-hydrogen) atoms. The minimum absolute atomic E-state index is 0.154. The third-order valence-corrected chi connectivity index (χ3v) is 2.79. The first-order chi connectivity index (χ1) is 8.49. The van der Waals surface area contributed by atoms with Gasteiger partial charge in [0.1, 0.15) is 5.69 Å². The average molecular weight is 310 g/mol. The highest BCUT2D eigenvalue weighted by Gasteiger charge is 2.18. The number of Topliss-reactive ketones (excluding diaryl/α,β-unsaturated/α-hetero) is 1. The molecule has 2 aromatic rings. The maximum Gasteiger partial charge on any atom is 0.295 e. The molecule has 6 nitrogen and oxygen atoms in total. The molecule has 0 aliphatic rings. The summed E-state index contributed by atoms with van der Waals surface area (Å²) in [6, 6.07) is 4.31.